The molecule has 1 saturated carbocycles. The maximum atomic E-state index is 12.3. The second-order valence-corrected chi connectivity index (χ2v) is 8.71. The number of aromatic nitrogens is 4. The summed E-state index contributed by atoms with van der Waals surface area (Å²) in [5.41, 5.74) is 2.96. The topological polar surface area (TPSA) is 82.4 Å². The summed E-state index contributed by atoms with van der Waals surface area (Å²) in [6.45, 7) is 6.92. The summed E-state index contributed by atoms with van der Waals surface area (Å²) in [5.74, 6) is 1.22. The fourth-order valence-electron chi connectivity index (χ4n) is 3.94. The number of ether oxygens (including phenoxy) is 2. The van der Waals surface area contributed by atoms with Gasteiger partial charge in [-0.25, -0.2) is 14.5 Å². The Morgan fingerprint density at radius 1 is 1.26 bits per heavy atom. The van der Waals surface area contributed by atoms with Crippen molar-refractivity contribution in [2.45, 2.75) is 72.0 Å². The van der Waals surface area contributed by atoms with Gasteiger partial charge in [-0.05, 0) is 50.2 Å². The summed E-state index contributed by atoms with van der Waals surface area (Å²) in [6, 6.07) is 3.90. The number of nitrogens with zero attached hydrogens (tertiary/aromatic N) is 5. The largest absolute Gasteiger partial charge is 0.489 e. The van der Waals surface area contributed by atoms with Crippen LogP contribution in [0.4, 0.5) is 4.79 Å². The van der Waals surface area contributed by atoms with Crippen molar-refractivity contribution in [3.63, 3.8) is 0 Å². The number of carbonyl (C=O) groups excluding carboxylic acids is 1. The summed E-state index contributed by atoms with van der Waals surface area (Å²) >= 11 is 0. The van der Waals surface area contributed by atoms with Gasteiger partial charge in [0.25, 0.3) is 0 Å². The van der Waals surface area contributed by atoms with Gasteiger partial charge in [0.1, 0.15) is 23.7 Å². The van der Waals surface area contributed by atoms with Gasteiger partial charge >= 0.3 is 6.09 Å². The van der Waals surface area contributed by atoms with Gasteiger partial charge < -0.3 is 14.4 Å². The lowest BCUT2D eigenvalue weighted by atomic mass is 9.98. The van der Waals surface area contributed by atoms with E-state index in [0.29, 0.717) is 29.5 Å². The number of amides is 1. The van der Waals surface area contributed by atoms with Crippen LogP contribution in [0.5, 0.6) is 5.75 Å². The zero-order valence-corrected chi connectivity index (χ0v) is 19.4. The molecule has 1 amide bonds. The first-order chi connectivity index (χ1) is 14.9. The second kappa shape index (κ2) is 10.6. The molecule has 2 aromatic heterocycles. The average Bonchev–Trinajstić information content (AvgIpc) is 3.12. The van der Waals surface area contributed by atoms with Crippen molar-refractivity contribution >= 4 is 6.09 Å². The number of hydrogen-bond acceptors (Lipinski definition) is 6. The average molecular weight is 430 g/mol. The van der Waals surface area contributed by atoms with Crippen molar-refractivity contribution in [3.8, 4) is 17.1 Å². The van der Waals surface area contributed by atoms with Crippen molar-refractivity contribution < 1.29 is 14.3 Å². The zero-order valence-electron chi connectivity index (χ0n) is 19.4. The van der Waals surface area contributed by atoms with Crippen LogP contribution in [-0.4, -0.2) is 50.7 Å². The van der Waals surface area contributed by atoms with Crippen LogP contribution in [0.15, 0.2) is 12.1 Å². The minimum Gasteiger partial charge on any atom is -0.489 e. The third kappa shape index (κ3) is 5.95. The van der Waals surface area contributed by atoms with Gasteiger partial charge in [-0.2, -0.15) is 0 Å². The Kier molecular flexibility index (Phi) is 7.87. The molecule has 8 nitrogen and oxygen atoms in total. The van der Waals surface area contributed by atoms with Crippen LogP contribution in [0.2, 0.25) is 0 Å². The highest BCUT2D eigenvalue weighted by Gasteiger charge is 2.21. The van der Waals surface area contributed by atoms with E-state index >= 15 is 0 Å². The lowest BCUT2D eigenvalue weighted by Crippen LogP contribution is -2.31. The number of carbonyl (C=O) groups is 1. The Morgan fingerprint density at radius 2 is 2.00 bits per heavy atom. The summed E-state index contributed by atoms with van der Waals surface area (Å²) in [7, 11) is 3.53. The highest BCUT2D eigenvalue weighted by molar-refractivity contribution is 5.67. The molecule has 0 radical (unpaired) electrons. The van der Waals surface area contributed by atoms with Crippen LogP contribution in [-0.2, 0) is 24.8 Å². The van der Waals surface area contributed by atoms with Crippen molar-refractivity contribution in [1.82, 2.24) is 24.9 Å². The third-order valence-electron chi connectivity index (χ3n) is 5.58. The molecule has 2 aromatic rings. The molecule has 2 heterocycles. The number of hydrogen-bond donors (Lipinski definition) is 0. The summed E-state index contributed by atoms with van der Waals surface area (Å²) < 4.78 is 13.4. The van der Waals surface area contributed by atoms with Crippen LogP contribution in [0.25, 0.3) is 11.4 Å². The molecule has 170 valence electrons. The van der Waals surface area contributed by atoms with E-state index in [9.17, 15) is 4.79 Å². The molecule has 0 N–H and O–H groups in total. The lowest BCUT2D eigenvalue weighted by Gasteiger charge is -2.24. The van der Waals surface area contributed by atoms with Crippen molar-refractivity contribution in [3.05, 3.63) is 23.5 Å². The Morgan fingerprint density at radius 3 is 2.68 bits per heavy atom. The van der Waals surface area contributed by atoms with Gasteiger partial charge in [-0.15, -0.1) is 5.10 Å². The molecular formula is C23H35N5O3. The predicted molar refractivity (Wildman–Crippen MR) is 119 cm³/mol. The Bertz CT molecular complexity index is 874. The Hall–Kier alpha value is -2.64. The summed E-state index contributed by atoms with van der Waals surface area (Å²) in [4.78, 5) is 18.7. The van der Waals surface area contributed by atoms with Crippen molar-refractivity contribution in [2.75, 3.05) is 13.6 Å². The smallest absolute Gasteiger partial charge is 0.409 e. The van der Waals surface area contributed by atoms with E-state index in [-0.39, 0.29) is 18.8 Å². The molecule has 0 bridgehead atoms. The first-order valence-electron chi connectivity index (χ1n) is 11.3. The van der Waals surface area contributed by atoms with Crippen LogP contribution >= 0.6 is 0 Å². The summed E-state index contributed by atoms with van der Waals surface area (Å²) in [6.07, 6.45) is 6.65. The van der Waals surface area contributed by atoms with Gasteiger partial charge in [0.15, 0.2) is 0 Å². The van der Waals surface area contributed by atoms with Gasteiger partial charge in [0.05, 0.1) is 17.5 Å². The second-order valence-electron chi connectivity index (χ2n) is 8.71. The predicted octanol–water partition coefficient (Wildman–Crippen LogP) is 4.38. The number of pyridine rings is 1. The third-order valence-corrected chi connectivity index (χ3v) is 5.58. The maximum Gasteiger partial charge on any atom is 0.409 e. The van der Waals surface area contributed by atoms with Crippen molar-refractivity contribution in [1.29, 1.82) is 0 Å². The monoisotopic (exact) mass is 429 g/mol. The lowest BCUT2D eigenvalue weighted by molar-refractivity contribution is 0.0990. The van der Waals surface area contributed by atoms with Gasteiger partial charge in [-0.3, -0.25) is 0 Å². The van der Waals surface area contributed by atoms with Crippen molar-refractivity contribution in [2.24, 2.45) is 13.0 Å². The number of aryl methyl sites for hydroxylation is 2. The molecule has 0 saturated heterocycles. The van der Waals surface area contributed by atoms with Crippen LogP contribution in [0.1, 0.15) is 64.3 Å². The van der Waals surface area contributed by atoms with Crippen LogP contribution < -0.4 is 4.74 Å². The highest BCUT2D eigenvalue weighted by atomic mass is 16.6. The van der Waals surface area contributed by atoms with E-state index in [4.69, 9.17) is 14.5 Å². The molecule has 8 heteroatoms. The van der Waals surface area contributed by atoms with E-state index in [1.807, 2.05) is 12.1 Å². The van der Waals surface area contributed by atoms with E-state index in [0.717, 1.165) is 30.7 Å². The van der Waals surface area contributed by atoms with Gasteiger partial charge in [0.2, 0.25) is 0 Å². The normalized spacial score (nSPS) is 14.6. The maximum absolute atomic E-state index is 12.3. The molecule has 0 spiro atoms. The minimum absolute atomic E-state index is 0.0869. The first-order valence-corrected chi connectivity index (χ1v) is 11.3. The molecule has 31 heavy (non-hydrogen) atoms. The molecule has 0 unspecified atom stereocenters. The van der Waals surface area contributed by atoms with Gasteiger partial charge in [0, 0.05) is 20.6 Å². The summed E-state index contributed by atoms with van der Waals surface area (Å²) in [5, 5.41) is 8.41. The van der Waals surface area contributed by atoms with E-state index in [2.05, 4.69) is 31.1 Å². The molecule has 0 atom stereocenters. The van der Waals surface area contributed by atoms with Crippen LogP contribution in [0, 0.1) is 5.92 Å². The van der Waals surface area contributed by atoms with E-state index in [1.54, 1.807) is 23.7 Å². The highest BCUT2D eigenvalue weighted by Crippen LogP contribution is 2.28. The van der Waals surface area contributed by atoms with Gasteiger partial charge in [-0.1, -0.05) is 32.4 Å². The molecule has 0 aromatic carbocycles. The molecule has 1 aliphatic carbocycles. The standard InChI is InChI=1S/C23H35N5O3/c1-6-18-21(31-17-10-8-7-9-11-17)13-12-19(24-18)22-20(28(5)26-25-22)15-30-23(29)27(4)14-16(2)3/h12-13,16-17H,6-11,14-15H2,1-5H3. The van der Waals surface area contributed by atoms with E-state index in [1.165, 1.54) is 19.3 Å². The molecule has 1 aliphatic rings. The fourth-order valence-corrected chi connectivity index (χ4v) is 3.94. The zero-order chi connectivity index (χ0) is 22.4. The molecular weight excluding hydrogens is 394 g/mol. The fraction of sp³-hybridized carbons (Fsp3) is 0.652. The molecule has 3 rings (SSSR count). The number of rotatable bonds is 8. The quantitative estimate of drug-likeness (QED) is 0.619. The minimum atomic E-state index is -0.362. The molecule has 1 fully saturated rings. The molecule has 0 aliphatic heterocycles. The Balaban J connectivity index is 1.74. The van der Waals surface area contributed by atoms with E-state index < -0.39 is 0 Å². The SMILES string of the molecule is CCc1nc(-c2nnn(C)c2COC(=O)N(C)CC(C)C)ccc1OC1CCCCC1. The van der Waals surface area contributed by atoms with Crippen LogP contribution in [0.3, 0.4) is 0 Å². The first kappa shape index (κ1) is 23.0. The Labute approximate surface area is 184 Å².